The second-order valence-corrected chi connectivity index (χ2v) is 8.61. The SMILES string of the molecule is CCN1C(=O)/C(=C\c2ccc(OCC(C)C)cc2)SC1=Nc1ccc(C)c(C)c1. The molecule has 29 heavy (non-hydrogen) atoms. The summed E-state index contributed by atoms with van der Waals surface area (Å²) in [5.74, 6) is 1.33. The van der Waals surface area contributed by atoms with Crippen LogP contribution in [-0.2, 0) is 4.79 Å². The Bertz CT molecular complexity index is 946. The lowest BCUT2D eigenvalue weighted by Crippen LogP contribution is -2.28. The molecule has 3 rings (SSSR count). The van der Waals surface area contributed by atoms with Crippen molar-refractivity contribution in [1.29, 1.82) is 0 Å². The van der Waals surface area contributed by atoms with E-state index in [2.05, 4.69) is 39.8 Å². The summed E-state index contributed by atoms with van der Waals surface area (Å²) in [5.41, 5.74) is 4.27. The van der Waals surface area contributed by atoms with Crippen LogP contribution in [0.4, 0.5) is 5.69 Å². The molecule has 0 aromatic heterocycles. The van der Waals surface area contributed by atoms with Gasteiger partial charge in [-0.3, -0.25) is 9.69 Å². The van der Waals surface area contributed by atoms with Crippen LogP contribution in [0.25, 0.3) is 6.08 Å². The second kappa shape index (κ2) is 9.31. The fourth-order valence-corrected chi connectivity index (χ4v) is 3.91. The molecule has 1 aliphatic rings. The molecule has 0 N–H and O–H groups in total. The standard InChI is InChI=1S/C24H28N2O2S/c1-6-26-23(27)22(14-19-8-11-21(12-9-19)28-15-16(2)3)29-24(26)25-20-10-7-17(4)18(5)13-20/h7-14,16H,6,15H2,1-5H3/b22-14+,25-24?. The molecular weight excluding hydrogens is 380 g/mol. The van der Waals surface area contributed by atoms with Crippen LogP contribution in [0.3, 0.4) is 0 Å². The van der Waals surface area contributed by atoms with Gasteiger partial charge in [0.05, 0.1) is 17.2 Å². The molecule has 0 saturated carbocycles. The highest BCUT2D eigenvalue weighted by molar-refractivity contribution is 8.18. The van der Waals surface area contributed by atoms with Crippen molar-refractivity contribution in [2.45, 2.75) is 34.6 Å². The number of benzene rings is 2. The zero-order chi connectivity index (χ0) is 21.0. The van der Waals surface area contributed by atoms with Gasteiger partial charge in [0.15, 0.2) is 5.17 Å². The fraction of sp³-hybridized carbons (Fsp3) is 0.333. The third-order valence-corrected chi connectivity index (χ3v) is 5.69. The zero-order valence-corrected chi connectivity index (χ0v) is 18.5. The smallest absolute Gasteiger partial charge is 0.266 e. The molecule has 2 aromatic carbocycles. The largest absolute Gasteiger partial charge is 0.493 e. The molecule has 0 aliphatic carbocycles. The number of aliphatic imine (C=N–C) groups is 1. The molecule has 0 atom stereocenters. The van der Waals surface area contributed by atoms with Crippen LogP contribution < -0.4 is 4.74 Å². The zero-order valence-electron chi connectivity index (χ0n) is 17.7. The minimum absolute atomic E-state index is 0.000202. The summed E-state index contributed by atoms with van der Waals surface area (Å²) in [6, 6.07) is 14.0. The van der Waals surface area contributed by atoms with Gasteiger partial charge in [-0.2, -0.15) is 0 Å². The molecule has 1 fully saturated rings. The number of hydrogen-bond donors (Lipinski definition) is 0. The average molecular weight is 409 g/mol. The molecule has 2 aromatic rings. The lowest BCUT2D eigenvalue weighted by molar-refractivity contribution is -0.122. The summed E-state index contributed by atoms with van der Waals surface area (Å²) in [5, 5.41) is 0.726. The Morgan fingerprint density at radius 3 is 2.45 bits per heavy atom. The van der Waals surface area contributed by atoms with Crippen LogP contribution >= 0.6 is 11.8 Å². The third-order valence-electron chi connectivity index (χ3n) is 4.68. The van der Waals surface area contributed by atoms with Gasteiger partial charge in [-0.1, -0.05) is 32.0 Å². The molecule has 1 aliphatic heterocycles. The van der Waals surface area contributed by atoms with Crippen molar-refractivity contribution in [1.82, 2.24) is 4.90 Å². The van der Waals surface area contributed by atoms with Gasteiger partial charge in [0.2, 0.25) is 0 Å². The second-order valence-electron chi connectivity index (χ2n) is 7.60. The molecule has 1 amide bonds. The first-order valence-corrected chi connectivity index (χ1v) is 10.8. The maximum Gasteiger partial charge on any atom is 0.266 e. The van der Waals surface area contributed by atoms with Crippen LogP contribution in [0.2, 0.25) is 0 Å². The Kier molecular flexibility index (Phi) is 6.80. The van der Waals surface area contributed by atoms with E-state index in [1.807, 2.05) is 43.3 Å². The van der Waals surface area contributed by atoms with Crippen molar-refractivity contribution < 1.29 is 9.53 Å². The van der Waals surface area contributed by atoms with E-state index in [9.17, 15) is 4.79 Å². The summed E-state index contributed by atoms with van der Waals surface area (Å²) in [4.78, 5) is 20.0. The molecule has 152 valence electrons. The fourth-order valence-electron chi connectivity index (χ4n) is 2.85. The molecule has 0 bridgehead atoms. The normalized spacial score (nSPS) is 17.0. The number of carbonyl (C=O) groups excluding carboxylic acids is 1. The summed E-state index contributed by atoms with van der Waals surface area (Å²) in [7, 11) is 0. The first kappa shape index (κ1) is 21.2. The van der Waals surface area contributed by atoms with E-state index in [-0.39, 0.29) is 5.91 Å². The molecular formula is C24H28N2O2S. The van der Waals surface area contributed by atoms with Crippen LogP contribution in [-0.4, -0.2) is 29.1 Å². The Labute approximate surface area is 177 Å². The number of carbonyl (C=O) groups is 1. The lowest BCUT2D eigenvalue weighted by Gasteiger charge is -2.12. The van der Waals surface area contributed by atoms with E-state index in [1.54, 1.807) is 4.90 Å². The minimum Gasteiger partial charge on any atom is -0.493 e. The van der Waals surface area contributed by atoms with Crippen molar-refractivity contribution in [3.05, 3.63) is 64.1 Å². The third kappa shape index (κ3) is 5.30. The van der Waals surface area contributed by atoms with Crippen LogP contribution in [0.15, 0.2) is 52.4 Å². The van der Waals surface area contributed by atoms with E-state index in [0.29, 0.717) is 24.0 Å². The molecule has 0 spiro atoms. The van der Waals surface area contributed by atoms with Crippen molar-refractivity contribution in [2.24, 2.45) is 10.9 Å². The summed E-state index contributed by atoms with van der Waals surface area (Å²) < 4.78 is 5.73. The number of nitrogens with zero attached hydrogens (tertiary/aromatic N) is 2. The predicted molar refractivity (Wildman–Crippen MR) is 123 cm³/mol. The van der Waals surface area contributed by atoms with Gasteiger partial charge in [0.25, 0.3) is 5.91 Å². The van der Waals surface area contributed by atoms with E-state index in [1.165, 1.54) is 22.9 Å². The Morgan fingerprint density at radius 2 is 1.83 bits per heavy atom. The Hall–Kier alpha value is -2.53. The van der Waals surface area contributed by atoms with Crippen LogP contribution in [0, 0.1) is 19.8 Å². The monoisotopic (exact) mass is 408 g/mol. The lowest BCUT2D eigenvalue weighted by atomic mass is 10.1. The summed E-state index contributed by atoms with van der Waals surface area (Å²) >= 11 is 1.43. The van der Waals surface area contributed by atoms with Crippen molar-refractivity contribution in [2.75, 3.05) is 13.2 Å². The predicted octanol–water partition coefficient (Wildman–Crippen LogP) is 5.96. The van der Waals surface area contributed by atoms with Gasteiger partial charge in [-0.15, -0.1) is 0 Å². The molecule has 1 heterocycles. The summed E-state index contributed by atoms with van der Waals surface area (Å²) in [6.45, 7) is 11.7. The first-order valence-electron chi connectivity index (χ1n) is 9.97. The molecule has 4 nitrogen and oxygen atoms in total. The number of hydrogen-bond acceptors (Lipinski definition) is 4. The van der Waals surface area contributed by atoms with Crippen molar-refractivity contribution >= 4 is 34.6 Å². The maximum absolute atomic E-state index is 12.8. The van der Waals surface area contributed by atoms with E-state index in [0.717, 1.165) is 22.2 Å². The highest BCUT2D eigenvalue weighted by Crippen LogP contribution is 2.34. The molecule has 5 heteroatoms. The quantitative estimate of drug-likeness (QED) is 0.554. The van der Waals surface area contributed by atoms with Crippen molar-refractivity contribution in [3.63, 3.8) is 0 Å². The Morgan fingerprint density at radius 1 is 1.10 bits per heavy atom. The number of rotatable bonds is 6. The number of thioether (sulfide) groups is 1. The maximum atomic E-state index is 12.8. The molecule has 0 unspecified atom stereocenters. The van der Waals surface area contributed by atoms with Gasteiger partial charge in [-0.25, -0.2) is 4.99 Å². The van der Waals surface area contributed by atoms with E-state index in [4.69, 9.17) is 9.73 Å². The highest BCUT2D eigenvalue weighted by atomic mass is 32.2. The molecule has 1 saturated heterocycles. The topological polar surface area (TPSA) is 41.9 Å². The van der Waals surface area contributed by atoms with Gasteiger partial charge in [0, 0.05) is 6.54 Å². The number of likely N-dealkylation sites (N-methyl/N-ethyl adjacent to an activating group) is 1. The average Bonchev–Trinajstić information content (AvgIpc) is 2.98. The van der Waals surface area contributed by atoms with Crippen LogP contribution in [0.5, 0.6) is 5.75 Å². The Balaban J connectivity index is 1.80. The van der Waals surface area contributed by atoms with Crippen LogP contribution in [0.1, 0.15) is 37.5 Å². The highest BCUT2D eigenvalue weighted by Gasteiger charge is 2.32. The number of aryl methyl sites for hydroxylation is 2. The number of amidine groups is 1. The summed E-state index contributed by atoms with van der Waals surface area (Å²) in [6.07, 6.45) is 1.92. The van der Waals surface area contributed by atoms with E-state index < -0.39 is 0 Å². The van der Waals surface area contributed by atoms with E-state index >= 15 is 0 Å². The molecule has 0 radical (unpaired) electrons. The minimum atomic E-state index is 0.000202. The first-order chi connectivity index (χ1) is 13.9. The van der Waals surface area contributed by atoms with Crippen molar-refractivity contribution in [3.8, 4) is 5.75 Å². The number of ether oxygens (including phenoxy) is 1. The van der Waals surface area contributed by atoms with Gasteiger partial charge in [-0.05, 0) is 85.5 Å². The number of amides is 1. The van der Waals surface area contributed by atoms with Gasteiger partial charge >= 0.3 is 0 Å². The van der Waals surface area contributed by atoms with Gasteiger partial charge < -0.3 is 4.74 Å². The van der Waals surface area contributed by atoms with Gasteiger partial charge in [0.1, 0.15) is 5.75 Å².